The van der Waals surface area contributed by atoms with Gasteiger partial charge < -0.3 is 0 Å². The van der Waals surface area contributed by atoms with Gasteiger partial charge in [-0.1, -0.05) is 53.3 Å². The van der Waals surface area contributed by atoms with Crippen molar-refractivity contribution >= 4 is 0 Å². The van der Waals surface area contributed by atoms with Gasteiger partial charge >= 0.3 is 0 Å². The fourth-order valence-corrected chi connectivity index (χ4v) is 0.905. The van der Waals surface area contributed by atoms with Crippen molar-refractivity contribution in [2.24, 2.45) is 5.41 Å². The number of hydrogen-bond acceptors (Lipinski definition) is 0. The van der Waals surface area contributed by atoms with Crippen LogP contribution in [0.25, 0.3) is 0 Å². The topological polar surface area (TPSA) is 0 Å². The van der Waals surface area contributed by atoms with Crippen molar-refractivity contribution in [1.29, 1.82) is 0 Å². The van der Waals surface area contributed by atoms with Gasteiger partial charge in [-0.25, -0.2) is 0 Å². The highest BCUT2D eigenvalue weighted by Gasteiger charge is 2.20. The quantitative estimate of drug-likeness (QED) is 0.546. The summed E-state index contributed by atoms with van der Waals surface area (Å²) in [6.45, 7) is 3.43. The minimum atomic E-state index is 0.130. The predicted octanol–water partition coefficient (Wildman–Crippen LogP) is 3.61. The van der Waals surface area contributed by atoms with E-state index in [1.807, 2.05) is 0 Å². The van der Waals surface area contributed by atoms with Crippen molar-refractivity contribution in [2.75, 3.05) is 0 Å². The van der Waals surface area contributed by atoms with Crippen LogP contribution in [0.4, 0.5) is 0 Å². The van der Waals surface area contributed by atoms with Crippen LogP contribution in [0.2, 0.25) is 0 Å². The van der Waals surface area contributed by atoms with Gasteiger partial charge in [-0.15, -0.1) is 0 Å². The molecule has 0 amide bonds. The molecule has 0 aliphatic rings. The maximum absolute atomic E-state index is 7.20. The Balaban J connectivity index is 4.06. The Labute approximate surface area is 63.9 Å². The monoisotopic (exact) mass is 131 g/mol. The van der Waals surface area contributed by atoms with Crippen LogP contribution in [0, 0.1) is 5.41 Å². The van der Waals surface area contributed by atoms with Gasteiger partial charge in [-0.3, -0.25) is 0 Å². The van der Waals surface area contributed by atoms with Crippen LogP contribution in [0.1, 0.15) is 57.4 Å². The summed E-state index contributed by atoms with van der Waals surface area (Å²) in [7, 11) is 0. The van der Waals surface area contributed by atoms with E-state index in [1.165, 1.54) is 0 Å². The molecule has 0 heterocycles. The molecule has 0 rings (SSSR count). The van der Waals surface area contributed by atoms with Crippen molar-refractivity contribution in [3.05, 3.63) is 0 Å². The van der Waals surface area contributed by atoms with Crippen LogP contribution < -0.4 is 0 Å². The highest BCUT2D eigenvalue weighted by Crippen LogP contribution is 2.33. The molecule has 0 saturated carbocycles. The molecule has 0 bridgehead atoms. The zero-order chi connectivity index (χ0) is 9.45. The molecular weight excluding hydrogens is 108 g/mol. The maximum atomic E-state index is 7.20. The van der Waals surface area contributed by atoms with Gasteiger partial charge in [0.2, 0.25) is 0 Å². The minimum absolute atomic E-state index is 0.130. The van der Waals surface area contributed by atoms with Gasteiger partial charge in [-0.2, -0.15) is 0 Å². The first-order valence-corrected chi connectivity index (χ1v) is 3.62. The van der Waals surface area contributed by atoms with Gasteiger partial charge in [-0.05, 0) is 5.41 Å². The first kappa shape index (κ1) is 4.76. The molecule has 0 aliphatic heterocycles. The van der Waals surface area contributed by atoms with Crippen molar-refractivity contribution < 1.29 is 4.11 Å². The molecule has 0 fully saturated rings. The Morgan fingerprint density at radius 2 is 1.44 bits per heavy atom. The van der Waals surface area contributed by atoms with E-state index < -0.39 is 0 Å². The van der Waals surface area contributed by atoms with Crippen molar-refractivity contribution in [3.8, 4) is 0 Å². The smallest absolute Gasteiger partial charge is 0.0231 e. The van der Waals surface area contributed by atoms with Gasteiger partial charge in [0.25, 0.3) is 0 Å². The Hall–Kier alpha value is 0. The zero-order valence-electron chi connectivity index (χ0n) is 9.45. The fourth-order valence-electron chi connectivity index (χ4n) is 0.905. The lowest BCUT2D eigenvalue weighted by molar-refractivity contribution is 0.240. The molecule has 0 radical (unpaired) electrons. The summed E-state index contributed by atoms with van der Waals surface area (Å²) in [5.74, 6) is 0. The number of rotatable bonds is 4. The van der Waals surface area contributed by atoms with Gasteiger partial charge in [0.15, 0.2) is 0 Å². The van der Waals surface area contributed by atoms with E-state index in [0.29, 0.717) is 20.7 Å². The van der Waals surface area contributed by atoms with Gasteiger partial charge in [0, 0.05) is 4.11 Å². The molecule has 0 aromatic heterocycles. The predicted molar refractivity (Wildman–Crippen MR) is 43.6 cm³/mol. The average molecular weight is 131 g/mol. The summed E-state index contributed by atoms with van der Waals surface area (Å²) in [6.07, 6.45) is 3.60. The second-order valence-electron chi connectivity index (χ2n) is 2.60. The molecule has 0 spiro atoms. The molecular formula is C9H20. The second-order valence-corrected chi connectivity index (χ2v) is 2.60. The Bertz CT molecular complexity index is 86.9. The molecule has 0 aliphatic carbocycles. The van der Waals surface area contributed by atoms with Crippen molar-refractivity contribution in [2.45, 2.75) is 53.3 Å². The lowest BCUT2D eigenvalue weighted by Gasteiger charge is -2.28. The third kappa shape index (κ3) is 2.00. The van der Waals surface area contributed by atoms with Crippen LogP contribution >= 0.6 is 0 Å². The summed E-state index contributed by atoms with van der Waals surface area (Å²) in [5, 5.41) is 0. The molecule has 0 atom stereocenters. The Kier molecular flexibility index (Phi) is 2.07. The summed E-state index contributed by atoms with van der Waals surface area (Å²) in [4.78, 5) is 0. The highest BCUT2D eigenvalue weighted by atomic mass is 14.3. The second kappa shape index (κ2) is 3.92. The average Bonchev–Trinajstić information content (AvgIpc) is 2.06. The largest absolute Gasteiger partial charge is 0.0649 e. The SMILES string of the molecule is [2H]CCC(CC)(CC[2H])CC[2H]. The molecule has 0 aromatic rings. The Morgan fingerprint density at radius 3 is 1.67 bits per heavy atom. The van der Waals surface area contributed by atoms with E-state index in [1.54, 1.807) is 0 Å². The summed E-state index contributed by atoms with van der Waals surface area (Å²) >= 11 is 0. The Morgan fingerprint density at radius 1 is 1.00 bits per heavy atom. The van der Waals surface area contributed by atoms with E-state index in [-0.39, 0.29) is 5.41 Å². The molecule has 9 heavy (non-hydrogen) atoms. The highest BCUT2D eigenvalue weighted by molar-refractivity contribution is 4.72. The molecule has 0 nitrogen and oxygen atoms in total. The summed E-state index contributed by atoms with van der Waals surface area (Å²) in [5.41, 5.74) is 0.130. The minimum Gasteiger partial charge on any atom is -0.0649 e. The van der Waals surface area contributed by atoms with E-state index in [9.17, 15) is 0 Å². The van der Waals surface area contributed by atoms with Crippen molar-refractivity contribution in [1.82, 2.24) is 0 Å². The zero-order valence-corrected chi connectivity index (χ0v) is 6.45. The molecule has 0 saturated heterocycles. The standard InChI is InChI=1S/C9H20/c1-5-9(6-2,7-3)8-4/h5-8H2,1-4H3/i1D,2D,3D. The molecule has 0 heteroatoms. The lowest BCUT2D eigenvalue weighted by atomic mass is 9.78. The maximum Gasteiger partial charge on any atom is 0.0231 e. The van der Waals surface area contributed by atoms with Crippen molar-refractivity contribution in [3.63, 3.8) is 0 Å². The first-order chi connectivity index (χ1) is 5.74. The summed E-state index contributed by atoms with van der Waals surface area (Å²) < 4.78 is 21.6. The van der Waals surface area contributed by atoms with Crippen LogP contribution in [0.3, 0.4) is 0 Å². The van der Waals surface area contributed by atoms with Gasteiger partial charge in [0.1, 0.15) is 0 Å². The summed E-state index contributed by atoms with van der Waals surface area (Å²) in [6, 6.07) is 0. The molecule has 56 valence electrons. The van der Waals surface area contributed by atoms with E-state index >= 15 is 0 Å². The fraction of sp³-hybridized carbons (Fsp3) is 1.00. The molecule has 0 unspecified atom stereocenters. The molecule has 0 N–H and O–H groups in total. The van der Waals surface area contributed by atoms with Crippen LogP contribution in [-0.4, -0.2) is 0 Å². The first-order valence-electron chi connectivity index (χ1n) is 5.74. The van der Waals surface area contributed by atoms with E-state index in [0.717, 1.165) is 25.7 Å². The van der Waals surface area contributed by atoms with Gasteiger partial charge in [0.05, 0.1) is 0 Å². The third-order valence-corrected chi connectivity index (χ3v) is 2.34. The lowest BCUT2D eigenvalue weighted by Crippen LogP contribution is -2.15. The van der Waals surface area contributed by atoms with Crippen LogP contribution in [-0.2, 0) is 0 Å². The van der Waals surface area contributed by atoms with Crippen LogP contribution in [0.15, 0.2) is 0 Å². The third-order valence-electron chi connectivity index (χ3n) is 2.34. The normalized spacial score (nSPS) is 16.3. The number of hydrogen-bond donors (Lipinski definition) is 0. The van der Waals surface area contributed by atoms with E-state index in [2.05, 4.69) is 6.92 Å². The van der Waals surface area contributed by atoms with Crippen LogP contribution in [0.5, 0.6) is 0 Å². The van der Waals surface area contributed by atoms with E-state index in [4.69, 9.17) is 4.11 Å². The molecule has 0 aromatic carbocycles.